The largest absolute Gasteiger partial charge is 0.493 e. The Hall–Kier alpha value is -1.26. The molecule has 0 aromatic heterocycles. The molecule has 1 atom stereocenters. The fourth-order valence-corrected chi connectivity index (χ4v) is 2.10. The molecule has 2 rings (SSSR count). The maximum atomic E-state index is 5.63. The van der Waals surface area contributed by atoms with Crippen LogP contribution in [0.15, 0.2) is 18.2 Å². The molecule has 1 aliphatic rings. The van der Waals surface area contributed by atoms with Crippen molar-refractivity contribution in [1.29, 1.82) is 0 Å². The third-order valence-electron chi connectivity index (χ3n) is 3.55. The molecule has 112 valence electrons. The van der Waals surface area contributed by atoms with Gasteiger partial charge in [0.05, 0.1) is 13.7 Å². The van der Waals surface area contributed by atoms with Gasteiger partial charge in [-0.05, 0) is 49.9 Å². The van der Waals surface area contributed by atoms with Gasteiger partial charge in [-0.15, -0.1) is 0 Å². The van der Waals surface area contributed by atoms with E-state index in [9.17, 15) is 0 Å². The van der Waals surface area contributed by atoms with Crippen molar-refractivity contribution in [2.75, 3.05) is 27.1 Å². The minimum Gasteiger partial charge on any atom is -0.493 e. The Bertz CT molecular complexity index is 418. The summed E-state index contributed by atoms with van der Waals surface area (Å²) in [4.78, 5) is 0. The van der Waals surface area contributed by atoms with E-state index in [2.05, 4.69) is 25.2 Å². The highest BCUT2D eigenvalue weighted by molar-refractivity contribution is 5.43. The predicted octanol–water partition coefficient (Wildman–Crippen LogP) is 3.13. The maximum absolute atomic E-state index is 5.63. The fraction of sp³-hybridized carbons (Fsp3) is 0.625. The Morgan fingerprint density at radius 1 is 1.30 bits per heavy atom. The number of benzene rings is 1. The Morgan fingerprint density at radius 2 is 2.10 bits per heavy atom. The molecule has 1 saturated carbocycles. The second kappa shape index (κ2) is 7.50. The summed E-state index contributed by atoms with van der Waals surface area (Å²) < 4.78 is 16.5. The summed E-state index contributed by atoms with van der Waals surface area (Å²) in [7, 11) is 1.66. The average Bonchev–Trinajstić information content (AvgIpc) is 3.28. The minimum absolute atomic E-state index is 0.287. The van der Waals surface area contributed by atoms with Gasteiger partial charge in [0.15, 0.2) is 18.3 Å². The van der Waals surface area contributed by atoms with Gasteiger partial charge in [-0.2, -0.15) is 0 Å². The molecule has 1 aromatic carbocycles. The van der Waals surface area contributed by atoms with Crippen LogP contribution >= 0.6 is 0 Å². The monoisotopic (exact) mass is 279 g/mol. The minimum atomic E-state index is 0.287. The van der Waals surface area contributed by atoms with E-state index >= 15 is 0 Å². The van der Waals surface area contributed by atoms with Crippen LogP contribution in [0.1, 0.15) is 38.3 Å². The van der Waals surface area contributed by atoms with Gasteiger partial charge < -0.3 is 19.5 Å². The molecular weight excluding hydrogens is 254 g/mol. The lowest BCUT2D eigenvalue weighted by atomic mass is 10.1. The summed E-state index contributed by atoms with van der Waals surface area (Å²) in [5, 5.41) is 3.38. The molecule has 0 heterocycles. The number of nitrogens with one attached hydrogen (secondary N) is 1. The van der Waals surface area contributed by atoms with Gasteiger partial charge in [-0.3, -0.25) is 0 Å². The predicted molar refractivity (Wildman–Crippen MR) is 79.3 cm³/mol. The van der Waals surface area contributed by atoms with Crippen LogP contribution in [0.25, 0.3) is 0 Å². The highest BCUT2D eigenvalue weighted by Crippen LogP contribution is 2.31. The lowest BCUT2D eigenvalue weighted by molar-refractivity contribution is 0.00865. The molecule has 4 heteroatoms. The molecule has 1 unspecified atom stereocenters. The molecule has 0 saturated heterocycles. The second-order valence-corrected chi connectivity index (χ2v) is 5.27. The van der Waals surface area contributed by atoms with E-state index in [1.807, 2.05) is 12.1 Å². The molecule has 1 fully saturated rings. The first kappa shape index (κ1) is 15.1. The quantitative estimate of drug-likeness (QED) is 0.557. The van der Waals surface area contributed by atoms with Gasteiger partial charge in [-0.1, -0.05) is 13.0 Å². The molecule has 0 bridgehead atoms. The zero-order chi connectivity index (χ0) is 14.4. The Balaban J connectivity index is 1.90. The van der Waals surface area contributed by atoms with E-state index in [4.69, 9.17) is 14.2 Å². The Kier molecular flexibility index (Phi) is 5.68. The number of hydrogen-bond acceptors (Lipinski definition) is 4. The van der Waals surface area contributed by atoms with Crippen LogP contribution in [0.2, 0.25) is 0 Å². The summed E-state index contributed by atoms with van der Waals surface area (Å²) >= 11 is 0. The lowest BCUT2D eigenvalue weighted by Crippen LogP contribution is -2.17. The van der Waals surface area contributed by atoms with Crippen LogP contribution in [0.5, 0.6) is 11.5 Å². The Labute approximate surface area is 121 Å². The normalized spacial score (nSPS) is 15.9. The number of hydrogen-bond donors (Lipinski definition) is 1. The van der Waals surface area contributed by atoms with Gasteiger partial charge in [-0.25, -0.2) is 0 Å². The van der Waals surface area contributed by atoms with E-state index < -0.39 is 0 Å². The van der Waals surface area contributed by atoms with E-state index in [-0.39, 0.29) is 6.79 Å². The van der Waals surface area contributed by atoms with Crippen molar-refractivity contribution in [3.63, 3.8) is 0 Å². The van der Waals surface area contributed by atoms with Crippen molar-refractivity contribution < 1.29 is 14.2 Å². The van der Waals surface area contributed by atoms with Crippen molar-refractivity contribution in [3.05, 3.63) is 23.8 Å². The molecular formula is C16H25NO3. The fourth-order valence-electron chi connectivity index (χ4n) is 2.10. The second-order valence-electron chi connectivity index (χ2n) is 5.27. The standard InChI is InChI=1S/C16H25NO3/c1-4-17-12(2)14-7-8-15(16(9-14)18-3)20-11-19-10-13-5-6-13/h7-9,12-13,17H,4-6,10-11H2,1-3H3. The lowest BCUT2D eigenvalue weighted by Gasteiger charge is -2.16. The van der Waals surface area contributed by atoms with E-state index in [0.717, 1.165) is 30.6 Å². The molecule has 0 amide bonds. The van der Waals surface area contributed by atoms with Crippen molar-refractivity contribution in [2.45, 2.75) is 32.7 Å². The summed E-state index contributed by atoms with van der Waals surface area (Å²) in [6.45, 7) is 6.27. The molecule has 4 nitrogen and oxygen atoms in total. The van der Waals surface area contributed by atoms with Crippen LogP contribution in [0, 0.1) is 5.92 Å². The molecule has 0 radical (unpaired) electrons. The SMILES string of the molecule is CCNC(C)c1ccc(OCOCC2CC2)c(OC)c1. The summed E-state index contributed by atoms with van der Waals surface area (Å²) in [5.74, 6) is 2.24. The maximum Gasteiger partial charge on any atom is 0.189 e. The van der Waals surface area contributed by atoms with Crippen LogP contribution in [-0.2, 0) is 4.74 Å². The molecule has 20 heavy (non-hydrogen) atoms. The third kappa shape index (κ3) is 4.39. The van der Waals surface area contributed by atoms with E-state index in [1.165, 1.54) is 18.4 Å². The zero-order valence-corrected chi connectivity index (χ0v) is 12.6. The summed E-state index contributed by atoms with van der Waals surface area (Å²) in [5.41, 5.74) is 1.19. The van der Waals surface area contributed by atoms with Gasteiger partial charge >= 0.3 is 0 Å². The van der Waals surface area contributed by atoms with E-state index in [1.54, 1.807) is 7.11 Å². The van der Waals surface area contributed by atoms with Gasteiger partial charge in [0.1, 0.15) is 0 Å². The third-order valence-corrected chi connectivity index (χ3v) is 3.55. The first-order valence-corrected chi connectivity index (χ1v) is 7.36. The molecule has 0 spiro atoms. The van der Waals surface area contributed by atoms with Crippen LogP contribution in [-0.4, -0.2) is 27.1 Å². The topological polar surface area (TPSA) is 39.7 Å². The van der Waals surface area contributed by atoms with Crippen molar-refractivity contribution in [3.8, 4) is 11.5 Å². The molecule has 1 N–H and O–H groups in total. The van der Waals surface area contributed by atoms with Gasteiger partial charge in [0, 0.05) is 6.04 Å². The molecule has 0 aliphatic heterocycles. The number of ether oxygens (including phenoxy) is 3. The van der Waals surface area contributed by atoms with Gasteiger partial charge in [0.25, 0.3) is 0 Å². The summed E-state index contributed by atoms with van der Waals surface area (Å²) in [6, 6.07) is 6.33. The Morgan fingerprint density at radius 3 is 2.75 bits per heavy atom. The molecule has 1 aromatic rings. The molecule has 1 aliphatic carbocycles. The van der Waals surface area contributed by atoms with Crippen LogP contribution in [0.4, 0.5) is 0 Å². The highest BCUT2D eigenvalue weighted by atomic mass is 16.7. The van der Waals surface area contributed by atoms with Crippen molar-refractivity contribution in [2.24, 2.45) is 5.92 Å². The van der Waals surface area contributed by atoms with E-state index in [0.29, 0.717) is 6.04 Å². The van der Waals surface area contributed by atoms with Crippen molar-refractivity contribution >= 4 is 0 Å². The van der Waals surface area contributed by atoms with Crippen LogP contribution in [0.3, 0.4) is 0 Å². The average molecular weight is 279 g/mol. The summed E-state index contributed by atoms with van der Waals surface area (Å²) in [6.07, 6.45) is 2.58. The first-order chi connectivity index (χ1) is 9.74. The zero-order valence-electron chi connectivity index (χ0n) is 12.6. The highest BCUT2D eigenvalue weighted by Gasteiger charge is 2.21. The smallest absolute Gasteiger partial charge is 0.189 e. The van der Waals surface area contributed by atoms with Gasteiger partial charge in [0.2, 0.25) is 0 Å². The number of methoxy groups -OCH3 is 1. The van der Waals surface area contributed by atoms with Crippen molar-refractivity contribution in [1.82, 2.24) is 5.32 Å². The first-order valence-electron chi connectivity index (χ1n) is 7.36. The number of rotatable bonds is 9. The van der Waals surface area contributed by atoms with Crippen LogP contribution < -0.4 is 14.8 Å².